The highest BCUT2D eigenvalue weighted by Gasteiger charge is 2.09. The van der Waals surface area contributed by atoms with Crippen LogP contribution in [0.2, 0.25) is 0 Å². The molecule has 0 aliphatic heterocycles. The van der Waals surface area contributed by atoms with Crippen LogP contribution in [0.4, 0.5) is 0 Å². The summed E-state index contributed by atoms with van der Waals surface area (Å²) in [5.74, 6) is 1.75. The largest absolute Gasteiger partial charge is 0.496 e. The van der Waals surface area contributed by atoms with Crippen LogP contribution in [-0.2, 0) is 6.42 Å². The molecule has 0 unspecified atom stereocenters. The lowest BCUT2D eigenvalue weighted by Crippen LogP contribution is -1.96. The van der Waals surface area contributed by atoms with Crippen LogP contribution < -0.4 is 9.47 Å². The van der Waals surface area contributed by atoms with Crippen LogP contribution in [0, 0.1) is 0 Å². The Balaban J connectivity index is 2.35. The molecule has 20 heavy (non-hydrogen) atoms. The lowest BCUT2D eigenvalue weighted by molar-refractivity contribution is 0.386. The number of ether oxygens (including phenoxy) is 2. The Hall–Kier alpha value is -2.22. The molecular formula is C18H20O2. The second-order valence-corrected chi connectivity index (χ2v) is 4.50. The minimum absolute atomic E-state index is 0.875. The Kier molecular flexibility index (Phi) is 4.83. The van der Waals surface area contributed by atoms with Crippen molar-refractivity contribution < 1.29 is 9.47 Å². The smallest absolute Gasteiger partial charge is 0.126 e. The van der Waals surface area contributed by atoms with E-state index < -0.39 is 0 Å². The zero-order valence-electron chi connectivity index (χ0n) is 12.2. The van der Waals surface area contributed by atoms with Gasteiger partial charge in [0, 0.05) is 5.56 Å². The summed E-state index contributed by atoms with van der Waals surface area (Å²) in [4.78, 5) is 0. The predicted molar refractivity (Wildman–Crippen MR) is 84.3 cm³/mol. The zero-order valence-corrected chi connectivity index (χ0v) is 12.2. The van der Waals surface area contributed by atoms with Gasteiger partial charge in [-0.2, -0.15) is 0 Å². The molecule has 104 valence electrons. The van der Waals surface area contributed by atoms with E-state index in [1.54, 1.807) is 14.2 Å². The molecule has 0 atom stereocenters. The first-order chi connectivity index (χ1) is 9.78. The van der Waals surface area contributed by atoms with E-state index in [2.05, 4.69) is 31.2 Å². The highest BCUT2D eigenvalue weighted by Crippen LogP contribution is 2.31. The molecule has 2 heteroatoms. The molecule has 0 amide bonds. The van der Waals surface area contributed by atoms with Gasteiger partial charge in [-0.1, -0.05) is 49.4 Å². The summed E-state index contributed by atoms with van der Waals surface area (Å²) in [6.07, 6.45) is 5.04. The van der Waals surface area contributed by atoms with Gasteiger partial charge in [-0.25, -0.2) is 0 Å². The molecule has 0 saturated heterocycles. The van der Waals surface area contributed by atoms with Gasteiger partial charge in [0.15, 0.2) is 0 Å². The van der Waals surface area contributed by atoms with Crippen molar-refractivity contribution in [3.05, 3.63) is 59.2 Å². The van der Waals surface area contributed by atoms with Gasteiger partial charge in [-0.05, 0) is 29.7 Å². The van der Waals surface area contributed by atoms with E-state index in [4.69, 9.17) is 9.47 Å². The second kappa shape index (κ2) is 6.80. The maximum atomic E-state index is 5.46. The van der Waals surface area contributed by atoms with E-state index in [1.807, 2.05) is 30.3 Å². The van der Waals surface area contributed by atoms with E-state index >= 15 is 0 Å². The first kappa shape index (κ1) is 14.2. The normalized spacial score (nSPS) is 10.8. The third-order valence-electron chi connectivity index (χ3n) is 3.25. The Morgan fingerprint density at radius 2 is 1.40 bits per heavy atom. The number of rotatable bonds is 5. The number of hydrogen-bond acceptors (Lipinski definition) is 2. The van der Waals surface area contributed by atoms with Gasteiger partial charge < -0.3 is 9.47 Å². The topological polar surface area (TPSA) is 18.5 Å². The fourth-order valence-corrected chi connectivity index (χ4v) is 2.21. The van der Waals surface area contributed by atoms with Crippen LogP contribution in [0.25, 0.3) is 12.2 Å². The fourth-order valence-electron chi connectivity index (χ4n) is 2.21. The van der Waals surface area contributed by atoms with E-state index in [0.717, 1.165) is 29.0 Å². The second-order valence-electron chi connectivity index (χ2n) is 4.50. The van der Waals surface area contributed by atoms with Crippen molar-refractivity contribution in [1.82, 2.24) is 0 Å². The van der Waals surface area contributed by atoms with Crippen molar-refractivity contribution in [2.45, 2.75) is 13.3 Å². The Labute approximate surface area is 120 Å². The van der Waals surface area contributed by atoms with E-state index in [-0.39, 0.29) is 0 Å². The van der Waals surface area contributed by atoms with E-state index in [0.29, 0.717) is 0 Å². The minimum atomic E-state index is 0.875. The summed E-state index contributed by atoms with van der Waals surface area (Å²) in [5, 5.41) is 0. The number of hydrogen-bond donors (Lipinski definition) is 0. The Bertz CT molecular complexity index is 561. The van der Waals surface area contributed by atoms with Crippen molar-refractivity contribution in [2.24, 2.45) is 0 Å². The van der Waals surface area contributed by atoms with Crippen LogP contribution in [-0.4, -0.2) is 14.2 Å². The summed E-state index contributed by atoms with van der Waals surface area (Å²) in [5.41, 5.74) is 3.34. The zero-order chi connectivity index (χ0) is 14.4. The summed E-state index contributed by atoms with van der Waals surface area (Å²) in [6.45, 7) is 2.10. The third-order valence-corrected chi connectivity index (χ3v) is 3.25. The van der Waals surface area contributed by atoms with Crippen molar-refractivity contribution in [3.8, 4) is 11.5 Å². The molecule has 0 aliphatic rings. The maximum absolute atomic E-state index is 5.46. The van der Waals surface area contributed by atoms with E-state index in [9.17, 15) is 0 Å². The Morgan fingerprint density at radius 1 is 0.850 bits per heavy atom. The highest BCUT2D eigenvalue weighted by molar-refractivity contribution is 5.71. The molecule has 0 radical (unpaired) electrons. The summed E-state index contributed by atoms with van der Waals surface area (Å²) >= 11 is 0. The van der Waals surface area contributed by atoms with Gasteiger partial charge >= 0.3 is 0 Å². The van der Waals surface area contributed by atoms with Crippen molar-refractivity contribution in [2.75, 3.05) is 14.2 Å². The molecule has 2 nitrogen and oxygen atoms in total. The molecular weight excluding hydrogens is 248 g/mol. The molecule has 2 rings (SSSR count). The molecule has 2 aromatic carbocycles. The molecule has 0 heterocycles. The number of benzene rings is 2. The first-order valence-electron chi connectivity index (χ1n) is 6.76. The van der Waals surface area contributed by atoms with Gasteiger partial charge in [0.2, 0.25) is 0 Å². The molecule has 0 saturated carbocycles. The predicted octanol–water partition coefficient (Wildman–Crippen LogP) is 4.44. The number of methoxy groups -OCH3 is 2. The summed E-state index contributed by atoms with van der Waals surface area (Å²) in [6, 6.07) is 14.3. The molecule has 0 fully saturated rings. The van der Waals surface area contributed by atoms with Gasteiger partial charge in [-0.15, -0.1) is 0 Å². The van der Waals surface area contributed by atoms with Crippen molar-refractivity contribution >= 4 is 12.2 Å². The molecule has 0 N–H and O–H groups in total. The molecule has 0 spiro atoms. The van der Waals surface area contributed by atoms with Crippen LogP contribution >= 0.6 is 0 Å². The van der Waals surface area contributed by atoms with Crippen LogP contribution in [0.3, 0.4) is 0 Å². The average Bonchev–Trinajstić information content (AvgIpc) is 2.52. The van der Waals surface area contributed by atoms with Gasteiger partial charge in [0.25, 0.3) is 0 Å². The standard InChI is InChI=1S/C18H20O2/c1-4-16-17(19-2)12-15(13-18(16)20-3)11-10-14-8-6-5-7-9-14/h5-13H,4H2,1-3H3. The minimum Gasteiger partial charge on any atom is -0.496 e. The average molecular weight is 268 g/mol. The molecule has 0 aromatic heterocycles. The van der Waals surface area contributed by atoms with Crippen molar-refractivity contribution in [1.29, 1.82) is 0 Å². The monoisotopic (exact) mass is 268 g/mol. The lowest BCUT2D eigenvalue weighted by atomic mass is 10.1. The van der Waals surface area contributed by atoms with Gasteiger partial charge in [0.1, 0.15) is 11.5 Å². The summed E-state index contributed by atoms with van der Waals surface area (Å²) in [7, 11) is 3.39. The molecule has 2 aromatic rings. The quantitative estimate of drug-likeness (QED) is 0.746. The first-order valence-corrected chi connectivity index (χ1v) is 6.76. The maximum Gasteiger partial charge on any atom is 0.126 e. The van der Waals surface area contributed by atoms with Gasteiger partial charge in [0.05, 0.1) is 14.2 Å². The van der Waals surface area contributed by atoms with Crippen LogP contribution in [0.15, 0.2) is 42.5 Å². The van der Waals surface area contributed by atoms with E-state index in [1.165, 1.54) is 5.56 Å². The highest BCUT2D eigenvalue weighted by atomic mass is 16.5. The van der Waals surface area contributed by atoms with Crippen LogP contribution in [0.1, 0.15) is 23.6 Å². The van der Waals surface area contributed by atoms with Gasteiger partial charge in [-0.3, -0.25) is 0 Å². The SMILES string of the molecule is CCc1c(OC)cc(C=Cc2ccccc2)cc1OC. The molecule has 0 aliphatic carbocycles. The third kappa shape index (κ3) is 3.21. The van der Waals surface area contributed by atoms with Crippen LogP contribution in [0.5, 0.6) is 11.5 Å². The summed E-state index contributed by atoms with van der Waals surface area (Å²) < 4.78 is 10.9. The molecule has 0 bridgehead atoms. The lowest BCUT2D eigenvalue weighted by Gasteiger charge is -2.13. The Morgan fingerprint density at radius 3 is 1.90 bits per heavy atom. The fraction of sp³-hybridized carbons (Fsp3) is 0.222. The van der Waals surface area contributed by atoms with Crippen molar-refractivity contribution in [3.63, 3.8) is 0 Å².